The van der Waals surface area contributed by atoms with Gasteiger partial charge in [0.15, 0.2) is 0 Å². The van der Waals surface area contributed by atoms with Gasteiger partial charge in [0, 0.05) is 5.69 Å². The number of imide groups is 1. The zero-order chi connectivity index (χ0) is 21.0. The predicted octanol–water partition coefficient (Wildman–Crippen LogP) is 4.50. The van der Waals surface area contributed by atoms with Crippen LogP contribution >= 0.6 is 34.4 Å². The second-order valence-electron chi connectivity index (χ2n) is 5.95. The number of nitrogens with zero attached hydrogens (tertiary/aromatic N) is 1. The first-order valence-electron chi connectivity index (χ1n) is 8.60. The van der Waals surface area contributed by atoms with Crippen LogP contribution in [0.4, 0.5) is 14.9 Å². The molecule has 3 rings (SSSR count). The summed E-state index contributed by atoms with van der Waals surface area (Å²) in [6, 6.07) is 10.6. The third-order valence-electron chi connectivity index (χ3n) is 3.86. The molecular weight excluding hydrogens is 510 g/mol. The van der Waals surface area contributed by atoms with Crippen molar-refractivity contribution in [3.05, 3.63) is 62.3 Å². The fourth-order valence-electron chi connectivity index (χ4n) is 2.54. The van der Waals surface area contributed by atoms with Crippen molar-refractivity contribution in [2.45, 2.75) is 6.92 Å². The van der Waals surface area contributed by atoms with Crippen LogP contribution in [0.3, 0.4) is 0 Å². The molecule has 150 valence electrons. The average Bonchev–Trinajstić information content (AvgIpc) is 2.93. The van der Waals surface area contributed by atoms with E-state index in [2.05, 4.69) is 27.9 Å². The van der Waals surface area contributed by atoms with E-state index in [-0.39, 0.29) is 4.91 Å². The lowest BCUT2D eigenvalue weighted by Gasteiger charge is -2.12. The standard InChI is InChI=1S/C20H16FIN2O4S/c1-2-28-16-8-3-12(9-15(16)22)10-17-19(26)24(20(27)29-17)11-18(25)23-14-6-4-13(21)5-7-14/h3-10H,2,11H2,1H3,(H,23,25)/b17-10-. The van der Waals surface area contributed by atoms with Crippen molar-refractivity contribution in [1.29, 1.82) is 0 Å². The summed E-state index contributed by atoms with van der Waals surface area (Å²) in [6.07, 6.45) is 1.61. The van der Waals surface area contributed by atoms with Crippen LogP contribution in [0.25, 0.3) is 6.08 Å². The normalized spacial score (nSPS) is 15.1. The molecule has 0 atom stereocenters. The van der Waals surface area contributed by atoms with Crippen molar-refractivity contribution >= 4 is 63.2 Å². The molecule has 1 N–H and O–H groups in total. The Morgan fingerprint density at radius 1 is 1.24 bits per heavy atom. The number of carbonyl (C=O) groups is 3. The second-order valence-corrected chi connectivity index (χ2v) is 8.10. The lowest BCUT2D eigenvalue weighted by atomic mass is 10.2. The second kappa shape index (κ2) is 9.40. The van der Waals surface area contributed by atoms with Crippen molar-refractivity contribution < 1.29 is 23.5 Å². The Labute approximate surface area is 184 Å². The summed E-state index contributed by atoms with van der Waals surface area (Å²) >= 11 is 2.92. The van der Waals surface area contributed by atoms with E-state index in [0.29, 0.717) is 12.3 Å². The first-order chi connectivity index (χ1) is 13.9. The van der Waals surface area contributed by atoms with E-state index in [4.69, 9.17) is 4.74 Å². The summed E-state index contributed by atoms with van der Waals surface area (Å²) in [7, 11) is 0. The zero-order valence-electron chi connectivity index (χ0n) is 15.3. The zero-order valence-corrected chi connectivity index (χ0v) is 18.3. The molecule has 6 nitrogen and oxygen atoms in total. The summed E-state index contributed by atoms with van der Waals surface area (Å²) in [5.41, 5.74) is 1.13. The Balaban J connectivity index is 1.69. The summed E-state index contributed by atoms with van der Waals surface area (Å²) < 4.78 is 19.3. The van der Waals surface area contributed by atoms with E-state index in [1.165, 1.54) is 24.3 Å². The van der Waals surface area contributed by atoms with Crippen molar-refractivity contribution in [2.75, 3.05) is 18.5 Å². The average molecular weight is 526 g/mol. The van der Waals surface area contributed by atoms with E-state index < -0.39 is 29.4 Å². The van der Waals surface area contributed by atoms with Crippen molar-refractivity contribution in [3.8, 4) is 5.75 Å². The SMILES string of the molecule is CCOc1ccc(/C=C2\SC(=O)N(CC(=O)Nc3ccc(F)cc3)C2=O)cc1I. The highest BCUT2D eigenvalue weighted by atomic mass is 127. The van der Waals surface area contributed by atoms with Crippen LogP contribution < -0.4 is 10.1 Å². The molecule has 2 aromatic carbocycles. The van der Waals surface area contributed by atoms with Gasteiger partial charge in [0.05, 0.1) is 15.1 Å². The molecule has 1 aliphatic rings. The molecule has 9 heteroatoms. The topological polar surface area (TPSA) is 75.7 Å². The van der Waals surface area contributed by atoms with E-state index in [9.17, 15) is 18.8 Å². The third-order valence-corrected chi connectivity index (χ3v) is 5.61. The highest BCUT2D eigenvalue weighted by molar-refractivity contribution is 14.1. The molecule has 1 fully saturated rings. The van der Waals surface area contributed by atoms with E-state index >= 15 is 0 Å². The molecule has 1 aliphatic heterocycles. The molecule has 0 spiro atoms. The number of anilines is 1. The minimum Gasteiger partial charge on any atom is -0.493 e. The summed E-state index contributed by atoms with van der Waals surface area (Å²) in [6.45, 7) is 2.03. The molecule has 0 unspecified atom stereocenters. The van der Waals surface area contributed by atoms with Crippen LogP contribution in [-0.2, 0) is 9.59 Å². The molecule has 0 aromatic heterocycles. The molecule has 0 saturated carbocycles. The molecular formula is C20H16FIN2O4S. The Morgan fingerprint density at radius 2 is 1.97 bits per heavy atom. The number of amides is 3. The van der Waals surface area contributed by atoms with Crippen LogP contribution in [0.15, 0.2) is 47.4 Å². The molecule has 1 heterocycles. The minimum atomic E-state index is -0.546. The van der Waals surface area contributed by atoms with Gasteiger partial charge in [0.2, 0.25) is 5.91 Å². The number of hydrogen-bond donors (Lipinski definition) is 1. The van der Waals surface area contributed by atoms with Gasteiger partial charge in [-0.05, 0) is 89.3 Å². The molecule has 3 amide bonds. The van der Waals surface area contributed by atoms with Crippen LogP contribution in [0, 0.1) is 9.39 Å². The van der Waals surface area contributed by atoms with E-state index in [1.54, 1.807) is 18.2 Å². The van der Waals surface area contributed by atoms with Gasteiger partial charge in [-0.3, -0.25) is 19.3 Å². The fourth-order valence-corrected chi connectivity index (χ4v) is 4.08. The number of nitrogens with one attached hydrogen (secondary N) is 1. The van der Waals surface area contributed by atoms with Crippen LogP contribution in [-0.4, -0.2) is 35.1 Å². The smallest absolute Gasteiger partial charge is 0.294 e. The van der Waals surface area contributed by atoms with Gasteiger partial charge in [0.25, 0.3) is 11.1 Å². The predicted molar refractivity (Wildman–Crippen MR) is 118 cm³/mol. The van der Waals surface area contributed by atoms with Gasteiger partial charge in [-0.1, -0.05) is 6.07 Å². The number of hydrogen-bond acceptors (Lipinski definition) is 5. The monoisotopic (exact) mass is 526 g/mol. The summed E-state index contributed by atoms with van der Waals surface area (Å²) in [5, 5.41) is 2.01. The van der Waals surface area contributed by atoms with Gasteiger partial charge in [0.1, 0.15) is 18.1 Å². The van der Waals surface area contributed by atoms with Crippen LogP contribution in [0.2, 0.25) is 0 Å². The maximum absolute atomic E-state index is 12.9. The lowest BCUT2D eigenvalue weighted by molar-refractivity contribution is -0.127. The van der Waals surface area contributed by atoms with Crippen molar-refractivity contribution in [2.24, 2.45) is 0 Å². The highest BCUT2D eigenvalue weighted by Crippen LogP contribution is 2.33. The van der Waals surface area contributed by atoms with Crippen molar-refractivity contribution in [1.82, 2.24) is 4.90 Å². The Hall–Kier alpha value is -2.40. The number of benzene rings is 2. The first kappa shape index (κ1) is 21.3. The number of thioether (sulfide) groups is 1. The third kappa shape index (κ3) is 5.36. The lowest BCUT2D eigenvalue weighted by Crippen LogP contribution is -2.36. The quantitative estimate of drug-likeness (QED) is 0.443. The van der Waals surface area contributed by atoms with Gasteiger partial charge in [-0.2, -0.15) is 0 Å². The fraction of sp³-hybridized carbons (Fsp3) is 0.150. The molecule has 0 bridgehead atoms. The van der Waals surface area contributed by atoms with Crippen LogP contribution in [0.1, 0.15) is 12.5 Å². The summed E-state index contributed by atoms with van der Waals surface area (Å²) in [5.74, 6) is -0.757. The van der Waals surface area contributed by atoms with Gasteiger partial charge in [-0.15, -0.1) is 0 Å². The number of ether oxygens (including phenoxy) is 1. The van der Waals surface area contributed by atoms with E-state index in [1.807, 2.05) is 13.0 Å². The Morgan fingerprint density at radius 3 is 2.62 bits per heavy atom. The maximum atomic E-state index is 12.9. The number of halogens is 2. The van der Waals surface area contributed by atoms with Crippen LogP contribution in [0.5, 0.6) is 5.75 Å². The van der Waals surface area contributed by atoms with Crippen molar-refractivity contribution in [3.63, 3.8) is 0 Å². The molecule has 1 saturated heterocycles. The van der Waals surface area contributed by atoms with Gasteiger partial charge >= 0.3 is 0 Å². The van der Waals surface area contributed by atoms with E-state index in [0.717, 1.165) is 31.5 Å². The Bertz CT molecular complexity index is 994. The molecule has 29 heavy (non-hydrogen) atoms. The number of rotatable bonds is 6. The minimum absolute atomic E-state index is 0.240. The summed E-state index contributed by atoms with van der Waals surface area (Å²) in [4.78, 5) is 38.1. The largest absolute Gasteiger partial charge is 0.493 e. The highest BCUT2D eigenvalue weighted by Gasteiger charge is 2.36. The number of carbonyl (C=O) groups excluding carboxylic acids is 3. The molecule has 0 aliphatic carbocycles. The van der Waals surface area contributed by atoms with Gasteiger partial charge in [-0.25, -0.2) is 4.39 Å². The molecule has 2 aromatic rings. The first-order valence-corrected chi connectivity index (χ1v) is 10.5. The maximum Gasteiger partial charge on any atom is 0.294 e. The Kier molecular flexibility index (Phi) is 6.91. The van der Waals surface area contributed by atoms with Gasteiger partial charge < -0.3 is 10.1 Å². The molecule has 0 radical (unpaired) electrons.